The third-order valence-electron chi connectivity index (χ3n) is 4.75. The molecule has 1 fully saturated rings. The van der Waals surface area contributed by atoms with Gasteiger partial charge < -0.3 is 9.30 Å². The zero-order valence-corrected chi connectivity index (χ0v) is 17.2. The summed E-state index contributed by atoms with van der Waals surface area (Å²) >= 11 is 0.851. The zero-order valence-electron chi connectivity index (χ0n) is 16.4. The van der Waals surface area contributed by atoms with Gasteiger partial charge in [0.15, 0.2) is 0 Å². The summed E-state index contributed by atoms with van der Waals surface area (Å²) in [5.74, 6) is 0.309. The van der Waals surface area contributed by atoms with E-state index in [1.54, 1.807) is 19.3 Å². The minimum absolute atomic E-state index is 0.0246. The molecule has 8 nitrogen and oxygen atoms in total. The number of nitro groups is 1. The highest BCUT2D eigenvalue weighted by molar-refractivity contribution is 8.18. The predicted molar refractivity (Wildman–Crippen MR) is 117 cm³/mol. The van der Waals surface area contributed by atoms with E-state index in [0.717, 1.165) is 33.8 Å². The van der Waals surface area contributed by atoms with Crippen LogP contribution in [-0.4, -0.2) is 32.6 Å². The Balaban J connectivity index is 1.57. The summed E-state index contributed by atoms with van der Waals surface area (Å²) in [7, 11) is 1.60. The molecule has 156 valence electrons. The molecule has 2 heterocycles. The van der Waals surface area contributed by atoms with Crippen LogP contribution in [0.25, 0.3) is 11.8 Å². The number of hydrogen-bond donors (Lipinski definition) is 0. The van der Waals surface area contributed by atoms with Gasteiger partial charge in [0.05, 0.1) is 23.5 Å². The predicted octanol–water partition coefficient (Wildman–Crippen LogP) is 4.63. The summed E-state index contributed by atoms with van der Waals surface area (Å²) in [6.45, 7) is -0.0246. The fraction of sp³-hybridized carbons (Fsp3) is 0.0909. The summed E-state index contributed by atoms with van der Waals surface area (Å²) in [6, 6.07) is 17.1. The first-order chi connectivity index (χ1) is 15.0. The average Bonchev–Trinajstić information content (AvgIpc) is 3.34. The fourth-order valence-corrected chi connectivity index (χ4v) is 4.03. The second-order valence-corrected chi connectivity index (χ2v) is 7.69. The molecule has 0 saturated carbocycles. The highest BCUT2D eigenvalue weighted by Crippen LogP contribution is 2.34. The van der Waals surface area contributed by atoms with E-state index in [0.29, 0.717) is 10.5 Å². The van der Waals surface area contributed by atoms with Crippen LogP contribution in [0.5, 0.6) is 5.75 Å². The molecule has 0 N–H and O–H groups in total. The number of imide groups is 1. The Morgan fingerprint density at radius 3 is 2.58 bits per heavy atom. The number of nitrogens with zero attached hydrogens (tertiary/aromatic N) is 3. The summed E-state index contributed by atoms with van der Waals surface area (Å²) in [5.41, 5.74) is 2.05. The van der Waals surface area contributed by atoms with Gasteiger partial charge in [0.1, 0.15) is 5.75 Å². The number of methoxy groups -OCH3 is 1. The van der Waals surface area contributed by atoms with Gasteiger partial charge in [0.25, 0.3) is 16.8 Å². The maximum Gasteiger partial charge on any atom is 0.293 e. The summed E-state index contributed by atoms with van der Waals surface area (Å²) in [4.78, 5) is 37.1. The second kappa shape index (κ2) is 8.49. The molecule has 9 heteroatoms. The van der Waals surface area contributed by atoms with Crippen LogP contribution in [0, 0.1) is 10.1 Å². The second-order valence-electron chi connectivity index (χ2n) is 6.70. The molecule has 0 unspecified atom stereocenters. The lowest BCUT2D eigenvalue weighted by Gasteiger charge is -2.12. The first-order valence-corrected chi connectivity index (χ1v) is 10.1. The van der Waals surface area contributed by atoms with Gasteiger partial charge in [-0.15, -0.1) is 0 Å². The first-order valence-electron chi connectivity index (χ1n) is 9.27. The van der Waals surface area contributed by atoms with Crippen LogP contribution in [0.3, 0.4) is 0 Å². The highest BCUT2D eigenvalue weighted by atomic mass is 32.2. The normalized spacial score (nSPS) is 15.0. The Bertz CT molecular complexity index is 1200. The number of carbonyl (C=O) groups is 2. The van der Waals surface area contributed by atoms with Crippen LogP contribution in [0.4, 0.5) is 10.5 Å². The average molecular weight is 435 g/mol. The quantitative estimate of drug-likeness (QED) is 0.318. The van der Waals surface area contributed by atoms with Crippen LogP contribution in [-0.2, 0) is 11.3 Å². The van der Waals surface area contributed by atoms with Gasteiger partial charge in [0, 0.05) is 29.7 Å². The summed E-state index contributed by atoms with van der Waals surface area (Å²) in [6.07, 6.45) is 3.53. The van der Waals surface area contributed by atoms with Crippen molar-refractivity contribution >= 4 is 34.7 Å². The minimum Gasteiger partial charge on any atom is -0.497 e. The van der Waals surface area contributed by atoms with Crippen molar-refractivity contribution in [2.24, 2.45) is 0 Å². The molecule has 1 saturated heterocycles. The Hall–Kier alpha value is -3.85. The Labute approximate surface area is 181 Å². The molecule has 2 amide bonds. The molecular weight excluding hydrogens is 418 g/mol. The Morgan fingerprint density at radius 1 is 1.10 bits per heavy atom. The van der Waals surface area contributed by atoms with Gasteiger partial charge in [-0.3, -0.25) is 24.6 Å². The summed E-state index contributed by atoms with van der Waals surface area (Å²) < 4.78 is 7.08. The van der Waals surface area contributed by atoms with E-state index in [4.69, 9.17) is 4.74 Å². The van der Waals surface area contributed by atoms with Gasteiger partial charge >= 0.3 is 0 Å². The van der Waals surface area contributed by atoms with Crippen molar-refractivity contribution in [1.29, 1.82) is 0 Å². The van der Waals surface area contributed by atoms with E-state index in [1.807, 2.05) is 47.2 Å². The van der Waals surface area contributed by atoms with Gasteiger partial charge in [0.2, 0.25) is 0 Å². The third kappa shape index (κ3) is 4.22. The van der Waals surface area contributed by atoms with E-state index in [-0.39, 0.29) is 12.2 Å². The number of nitro benzene ring substituents is 1. The SMILES string of the molecule is COc1ccc(-n2cccc2C=C2SC(=O)N(Cc3cccc([N+](=O)[O-])c3)C2=O)cc1. The molecule has 3 aromatic rings. The molecule has 0 radical (unpaired) electrons. The number of benzene rings is 2. The van der Waals surface area contributed by atoms with E-state index in [9.17, 15) is 19.7 Å². The molecule has 0 atom stereocenters. The zero-order chi connectivity index (χ0) is 22.0. The van der Waals surface area contributed by atoms with Crippen molar-refractivity contribution in [2.45, 2.75) is 6.54 Å². The lowest BCUT2D eigenvalue weighted by Crippen LogP contribution is -2.27. The smallest absolute Gasteiger partial charge is 0.293 e. The van der Waals surface area contributed by atoms with Crippen LogP contribution in [0.1, 0.15) is 11.3 Å². The number of non-ortho nitro benzene ring substituents is 1. The van der Waals surface area contributed by atoms with Crippen molar-refractivity contribution in [2.75, 3.05) is 7.11 Å². The van der Waals surface area contributed by atoms with Crippen molar-refractivity contribution in [1.82, 2.24) is 9.47 Å². The van der Waals surface area contributed by atoms with Crippen molar-refractivity contribution in [3.05, 3.63) is 93.1 Å². The lowest BCUT2D eigenvalue weighted by molar-refractivity contribution is -0.384. The maximum absolute atomic E-state index is 12.9. The van der Waals surface area contributed by atoms with E-state index in [2.05, 4.69) is 0 Å². The van der Waals surface area contributed by atoms with E-state index in [1.165, 1.54) is 18.2 Å². The number of amides is 2. The van der Waals surface area contributed by atoms with Crippen molar-refractivity contribution < 1.29 is 19.2 Å². The highest BCUT2D eigenvalue weighted by Gasteiger charge is 2.35. The van der Waals surface area contributed by atoms with Gasteiger partial charge in [-0.25, -0.2) is 0 Å². The van der Waals surface area contributed by atoms with Gasteiger partial charge in [-0.1, -0.05) is 12.1 Å². The standard InChI is InChI=1S/C22H17N3O5S/c1-30-19-9-7-16(8-10-19)23-11-3-6-17(23)13-20-21(26)24(22(27)31-20)14-15-4-2-5-18(12-15)25(28)29/h2-13H,14H2,1H3. The Morgan fingerprint density at radius 2 is 1.87 bits per heavy atom. The number of aromatic nitrogens is 1. The topological polar surface area (TPSA) is 94.7 Å². The minimum atomic E-state index is -0.509. The van der Waals surface area contributed by atoms with Crippen LogP contribution >= 0.6 is 11.8 Å². The maximum atomic E-state index is 12.9. The largest absolute Gasteiger partial charge is 0.497 e. The lowest BCUT2D eigenvalue weighted by atomic mass is 10.2. The van der Waals surface area contributed by atoms with E-state index < -0.39 is 16.1 Å². The molecule has 0 spiro atoms. The molecule has 2 aromatic carbocycles. The molecule has 1 aromatic heterocycles. The number of rotatable bonds is 6. The van der Waals surface area contributed by atoms with Crippen LogP contribution < -0.4 is 4.74 Å². The molecule has 4 rings (SSSR count). The van der Waals surface area contributed by atoms with Gasteiger partial charge in [-0.05, 0) is 59.8 Å². The molecule has 0 bridgehead atoms. The summed E-state index contributed by atoms with van der Waals surface area (Å²) in [5, 5.41) is 10.6. The molecule has 1 aliphatic heterocycles. The van der Waals surface area contributed by atoms with Crippen LogP contribution in [0.2, 0.25) is 0 Å². The molecule has 0 aliphatic carbocycles. The first kappa shape index (κ1) is 20.4. The van der Waals surface area contributed by atoms with E-state index >= 15 is 0 Å². The number of ether oxygens (including phenoxy) is 1. The Kier molecular flexibility index (Phi) is 5.59. The molecular formula is C22H17N3O5S. The molecule has 1 aliphatic rings. The third-order valence-corrected chi connectivity index (χ3v) is 5.65. The number of thioether (sulfide) groups is 1. The van der Waals surface area contributed by atoms with Crippen LogP contribution in [0.15, 0.2) is 71.8 Å². The number of carbonyl (C=O) groups excluding carboxylic acids is 2. The number of hydrogen-bond acceptors (Lipinski definition) is 6. The monoisotopic (exact) mass is 435 g/mol. The van der Waals surface area contributed by atoms with Crippen molar-refractivity contribution in [3.63, 3.8) is 0 Å². The molecule has 31 heavy (non-hydrogen) atoms. The fourth-order valence-electron chi connectivity index (χ4n) is 3.21. The van der Waals surface area contributed by atoms with Gasteiger partial charge in [-0.2, -0.15) is 0 Å². The van der Waals surface area contributed by atoms with Crippen molar-refractivity contribution in [3.8, 4) is 11.4 Å².